The van der Waals surface area contributed by atoms with E-state index in [1.807, 2.05) is 24.5 Å². The molecule has 0 radical (unpaired) electrons. The number of aromatic nitrogens is 3. The lowest BCUT2D eigenvalue weighted by Crippen LogP contribution is -2.17. The maximum absolute atomic E-state index is 12.1. The van der Waals surface area contributed by atoms with Gasteiger partial charge in [-0.1, -0.05) is 23.9 Å². The molecule has 2 aromatic heterocycles. The fourth-order valence-corrected chi connectivity index (χ4v) is 2.88. The summed E-state index contributed by atoms with van der Waals surface area (Å²) >= 11 is 1.34. The first-order valence-electron chi connectivity index (χ1n) is 6.60. The van der Waals surface area contributed by atoms with E-state index in [0.717, 1.165) is 5.56 Å². The van der Waals surface area contributed by atoms with Crippen LogP contribution in [0.3, 0.4) is 0 Å². The minimum absolute atomic E-state index is 0.282. The van der Waals surface area contributed by atoms with Gasteiger partial charge in [0.25, 0.3) is 5.56 Å². The third-order valence-electron chi connectivity index (χ3n) is 3.54. The average Bonchev–Trinajstić information content (AvgIpc) is 2.53. The van der Waals surface area contributed by atoms with Crippen molar-refractivity contribution in [3.63, 3.8) is 0 Å². The fraction of sp³-hybridized carbons (Fsp3) is 0.133. The second-order valence-electron chi connectivity index (χ2n) is 4.84. The van der Waals surface area contributed by atoms with Crippen molar-refractivity contribution in [2.24, 2.45) is 0 Å². The number of fused-ring (bicyclic) bond motifs is 4. The van der Waals surface area contributed by atoms with E-state index in [1.54, 1.807) is 12.1 Å². The maximum Gasteiger partial charge on any atom is 0.261 e. The predicted octanol–water partition coefficient (Wildman–Crippen LogP) is 2.09. The number of hydrogen-bond donors (Lipinski definition) is 2. The summed E-state index contributed by atoms with van der Waals surface area (Å²) in [7, 11) is 0. The molecule has 2 N–H and O–H groups in total. The van der Waals surface area contributed by atoms with Crippen LogP contribution in [0.2, 0.25) is 0 Å². The van der Waals surface area contributed by atoms with Gasteiger partial charge in [-0.05, 0) is 24.5 Å². The van der Waals surface area contributed by atoms with Crippen molar-refractivity contribution in [2.75, 3.05) is 6.26 Å². The summed E-state index contributed by atoms with van der Waals surface area (Å²) in [5.74, 6) is 0.560. The topological polar surface area (TPSA) is 88.1 Å². The Morgan fingerprint density at radius 1 is 1.32 bits per heavy atom. The minimum atomic E-state index is -1.15. The number of hydrogen-bond acceptors (Lipinski definition) is 6. The summed E-state index contributed by atoms with van der Waals surface area (Å²) < 4.78 is 5.47. The molecule has 1 unspecified atom stereocenters. The van der Waals surface area contributed by atoms with Crippen LogP contribution in [-0.4, -0.2) is 26.3 Å². The molecule has 0 amide bonds. The SMILES string of the molecule is CSc1nc2nc3c(cc2c(=O)[nH]1)C(O)Oc1ccccc1-3. The first-order chi connectivity index (χ1) is 10.7. The lowest BCUT2D eigenvalue weighted by molar-refractivity contribution is -0.0215. The molecule has 1 atom stereocenters. The Hall–Kier alpha value is -2.38. The monoisotopic (exact) mass is 313 g/mol. The summed E-state index contributed by atoms with van der Waals surface area (Å²) in [5, 5.41) is 11.0. The third-order valence-corrected chi connectivity index (χ3v) is 4.12. The van der Waals surface area contributed by atoms with Gasteiger partial charge in [0.15, 0.2) is 10.8 Å². The van der Waals surface area contributed by atoms with Crippen molar-refractivity contribution in [2.45, 2.75) is 11.4 Å². The van der Waals surface area contributed by atoms with Crippen LogP contribution in [0.5, 0.6) is 5.75 Å². The molecule has 110 valence electrons. The number of ether oxygens (including phenoxy) is 1. The Morgan fingerprint density at radius 2 is 2.14 bits per heavy atom. The fourth-order valence-electron chi connectivity index (χ4n) is 2.51. The molecule has 0 fully saturated rings. The van der Waals surface area contributed by atoms with Gasteiger partial charge in [0.1, 0.15) is 5.75 Å². The number of aromatic amines is 1. The van der Waals surface area contributed by atoms with Gasteiger partial charge in [-0.15, -0.1) is 0 Å². The van der Waals surface area contributed by atoms with Gasteiger partial charge in [0.2, 0.25) is 6.29 Å². The van der Waals surface area contributed by atoms with Gasteiger partial charge >= 0.3 is 0 Å². The quantitative estimate of drug-likeness (QED) is 0.528. The van der Waals surface area contributed by atoms with Crippen LogP contribution in [0.4, 0.5) is 0 Å². The summed E-state index contributed by atoms with van der Waals surface area (Å²) in [4.78, 5) is 23.6. The Bertz CT molecular complexity index is 954. The molecule has 22 heavy (non-hydrogen) atoms. The Kier molecular flexibility index (Phi) is 2.91. The number of rotatable bonds is 1. The van der Waals surface area contributed by atoms with Gasteiger partial charge in [0, 0.05) is 11.1 Å². The van der Waals surface area contributed by atoms with E-state index in [0.29, 0.717) is 33.2 Å². The number of thioether (sulfide) groups is 1. The maximum atomic E-state index is 12.1. The normalized spacial score (nSPS) is 16.0. The van der Waals surface area contributed by atoms with Crippen LogP contribution in [-0.2, 0) is 0 Å². The van der Waals surface area contributed by atoms with Gasteiger partial charge in [-0.2, -0.15) is 0 Å². The standard InChI is InChI=1S/C15H11N3O3S/c1-22-15-17-12-9(13(19)18-15)6-8-11(16-12)7-4-2-3-5-10(7)21-14(8)20/h2-6,14,20H,1H3,(H,16,17,18,19). The highest BCUT2D eigenvalue weighted by Crippen LogP contribution is 2.40. The van der Waals surface area contributed by atoms with Gasteiger partial charge in [-0.25, -0.2) is 9.97 Å². The first-order valence-corrected chi connectivity index (χ1v) is 7.83. The van der Waals surface area contributed by atoms with E-state index in [2.05, 4.69) is 15.0 Å². The number of nitrogens with one attached hydrogen (secondary N) is 1. The zero-order chi connectivity index (χ0) is 15.3. The van der Waals surface area contributed by atoms with Crippen molar-refractivity contribution < 1.29 is 9.84 Å². The lowest BCUT2D eigenvalue weighted by atomic mass is 10.0. The summed E-state index contributed by atoms with van der Waals surface area (Å²) in [6.07, 6.45) is 0.677. The highest BCUT2D eigenvalue weighted by Gasteiger charge is 2.26. The highest BCUT2D eigenvalue weighted by atomic mass is 32.2. The summed E-state index contributed by atoms with van der Waals surface area (Å²) in [6.45, 7) is 0. The number of H-pyrrole nitrogens is 1. The molecule has 0 aliphatic carbocycles. The molecule has 1 aromatic carbocycles. The van der Waals surface area contributed by atoms with E-state index in [9.17, 15) is 9.90 Å². The summed E-state index contributed by atoms with van der Waals surface area (Å²) in [5.41, 5.74) is 1.91. The Balaban J connectivity index is 2.08. The molecular weight excluding hydrogens is 302 g/mol. The molecule has 7 heteroatoms. The largest absolute Gasteiger partial charge is 0.460 e. The zero-order valence-electron chi connectivity index (χ0n) is 11.5. The second-order valence-corrected chi connectivity index (χ2v) is 5.63. The first kappa shape index (κ1) is 13.3. The van der Waals surface area contributed by atoms with Crippen molar-refractivity contribution in [3.05, 3.63) is 46.2 Å². The molecule has 0 saturated heterocycles. The molecule has 3 aromatic rings. The predicted molar refractivity (Wildman–Crippen MR) is 83.0 cm³/mol. The van der Waals surface area contributed by atoms with Crippen molar-refractivity contribution >= 4 is 22.8 Å². The van der Waals surface area contributed by atoms with Gasteiger partial charge in [0.05, 0.1) is 11.1 Å². The van der Waals surface area contributed by atoms with Crippen LogP contribution in [0.25, 0.3) is 22.3 Å². The molecule has 0 saturated carbocycles. The molecule has 3 heterocycles. The number of aliphatic hydroxyl groups is 1. The van der Waals surface area contributed by atoms with Gasteiger partial charge in [-0.3, -0.25) is 4.79 Å². The van der Waals surface area contributed by atoms with E-state index in [1.165, 1.54) is 11.8 Å². The third kappa shape index (κ3) is 1.90. The second kappa shape index (κ2) is 4.82. The van der Waals surface area contributed by atoms with Crippen LogP contribution in [0, 0.1) is 0 Å². The molecular formula is C15H11N3O3S. The number of benzene rings is 1. The highest BCUT2D eigenvalue weighted by molar-refractivity contribution is 7.98. The van der Waals surface area contributed by atoms with Crippen molar-refractivity contribution in [1.82, 2.24) is 15.0 Å². The molecule has 4 rings (SSSR count). The van der Waals surface area contributed by atoms with E-state index in [4.69, 9.17) is 4.74 Å². The van der Waals surface area contributed by atoms with Crippen LogP contribution in [0.15, 0.2) is 40.3 Å². The number of para-hydroxylation sites is 1. The minimum Gasteiger partial charge on any atom is -0.460 e. The number of pyridine rings is 1. The molecule has 0 spiro atoms. The summed E-state index contributed by atoms with van der Waals surface area (Å²) in [6, 6.07) is 8.92. The van der Waals surface area contributed by atoms with E-state index in [-0.39, 0.29) is 5.56 Å². The number of aliphatic hydroxyl groups excluding tert-OH is 1. The van der Waals surface area contributed by atoms with E-state index >= 15 is 0 Å². The van der Waals surface area contributed by atoms with Gasteiger partial charge < -0.3 is 14.8 Å². The average molecular weight is 313 g/mol. The lowest BCUT2D eigenvalue weighted by Gasteiger charge is -2.24. The van der Waals surface area contributed by atoms with Crippen molar-refractivity contribution in [3.8, 4) is 17.0 Å². The zero-order valence-corrected chi connectivity index (χ0v) is 12.3. The van der Waals surface area contributed by atoms with Crippen molar-refractivity contribution in [1.29, 1.82) is 0 Å². The Labute approximate surface area is 129 Å². The van der Waals surface area contributed by atoms with Crippen LogP contribution in [0.1, 0.15) is 11.9 Å². The van der Waals surface area contributed by atoms with E-state index < -0.39 is 6.29 Å². The van der Waals surface area contributed by atoms with Crippen LogP contribution < -0.4 is 10.3 Å². The molecule has 0 bridgehead atoms. The molecule has 6 nitrogen and oxygen atoms in total. The van der Waals surface area contributed by atoms with Crippen LogP contribution >= 0.6 is 11.8 Å². The Morgan fingerprint density at radius 3 is 2.95 bits per heavy atom. The number of nitrogens with zero attached hydrogens (tertiary/aromatic N) is 2. The molecule has 1 aliphatic rings. The molecule has 1 aliphatic heterocycles. The smallest absolute Gasteiger partial charge is 0.261 e.